The molecule has 2 fully saturated rings. The van der Waals surface area contributed by atoms with E-state index in [1.165, 1.54) is 17.0 Å². The molecule has 2 saturated heterocycles. The number of anilines is 2. The first-order valence-corrected chi connectivity index (χ1v) is 10.7. The molecule has 0 aliphatic carbocycles. The number of carbonyl (C=O) groups is 1. The van der Waals surface area contributed by atoms with Crippen LogP contribution in [0.5, 0.6) is 0 Å². The summed E-state index contributed by atoms with van der Waals surface area (Å²) >= 11 is 0. The highest BCUT2D eigenvalue weighted by Gasteiger charge is 2.33. The van der Waals surface area contributed by atoms with Gasteiger partial charge in [-0.3, -0.25) is 14.9 Å². The van der Waals surface area contributed by atoms with Crippen molar-refractivity contribution in [2.75, 3.05) is 62.3 Å². The summed E-state index contributed by atoms with van der Waals surface area (Å²) in [6.45, 7) is 2.81. The van der Waals surface area contributed by atoms with Crippen LogP contribution in [0.3, 0.4) is 0 Å². The smallest absolute Gasteiger partial charge is 0.378 e. The van der Waals surface area contributed by atoms with Gasteiger partial charge in [-0.05, 0) is 24.3 Å². The van der Waals surface area contributed by atoms with Gasteiger partial charge in [-0.15, -0.1) is 0 Å². The molecule has 0 unspecified atom stereocenters. The maximum absolute atomic E-state index is 14.4. The minimum absolute atomic E-state index is 0.0319. The second-order valence-corrected chi connectivity index (χ2v) is 8.00. The largest absolute Gasteiger partial charge is 0.416 e. The van der Waals surface area contributed by atoms with Crippen molar-refractivity contribution in [1.29, 1.82) is 0 Å². The Morgan fingerprint density at radius 2 is 1.53 bits per heavy atom. The van der Waals surface area contributed by atoms with Gasteiger partial charge in [-0.25, -0.2) is 4.39 Å². The van der Waals surface area contributed by atoms with E-state index in [-0.39, 0.29) is 43.1 Å². The van der Waals surface area contributed by atoms with Crippen molar-refractivity contribution >= 4 is 23.0 Å². The molecule has 0 N–H and O–H groups in total. The van der Waals surface area contributed by atoms with Crippen LogP contribution in [0.25, 0.3) is 0 Å². The van der Waals surface area contributed by atoms with Crippen LogP contribution < -0.4 is 9.80 Å². The number of nitro groups is 1. The lowest BCUT2D eigenvalue weighted by Crippen LogP contribution is -2.49. The fourth-order valence-electron chi connectivity index (χ4n) is 4.15. The van der Waals surface area contributed by atoms with Gasteiger partial charge >= 0.3 is 6.18 Å². The van der Waals surface area contributed by atoms with E-state index >= 15 is 0 Å². The maximum atomic E-state index is 14.4. The van der Waals surface area contributed by atoms with E-state index in [4.69, 9.17) is 4.74 Å². The molecule has 1 amide bonds. The standard InChI is InChI=1S/C22H22F4N4O4/c23-18-13-15(22(24,25)26)1-3-20(18)27-5-7-29(8-6-27)21(31)17-14-16(30(32)33)2-4-19(17)28-9-11-34-12-10-28/h1-4,13-14H,5-12H2. The zero-order valence-electron chi connectivity index (χ0n) is 18.1. The number of amides is 1. The summed E-state index contributed by atoms with van der Waals surface area (Å²) in [5, 5.41) is 11.3. The van der Waals surface area contributed by atoms with Gasteiger partial charge in [0, 0.05) is 51.4 Å². The van der Waals surface area contributed by atoms with Crippen molar-refractivity contribution in [1.82, 2.24) is 4.90 Å². The lowest BCUT2D eigenvalue weighted by Gasteiger charge is -2.37. The minimum atomic E-state index is -4.64. The lowest BCUT2D eigenvalue weighted by molar-refractivity contribution is -0.384. The number of piperazine rings is 1. The van der Waals surface area contributed by atoms with Gasteiger partial charge in [-0.2, -0.15) is 13.2 Å². The molecule has 0 atom stereocenters. The molecule has 2 aromatic carbocycles. The van der Waals surface area contributed by atoms with E-state index in [9.17, 15) is 32.5 Å². The highest BCUT2D eigenvalue weighted by molar-refractivity contribution is 6.00. The highest BCUT2D eigenvalue weighted by atomic mass is 19.4. The van der Waals surface area contributed by atoms with E-state index in [2.05, 4.69) is 0 Å². The Morgan fingerprint density at radius 3 is 2.12 bits per heavy atom. The average Bonchev–Trinajstić information content (AvgIpc) is 2.83. The Labute approximate surface area is 192 Å². The molecule has 0 saturated carbocycles. The SMILES string of the molecule is O=C(c1cc([N+](=O)[O-])ccc1N1CCOCC1)N1CCN(c2ccc(C(F)(F)F)cc2F)CC1. The molecule has 182 valence electrons. The molecule has 2 aliphatic heterocycles. The van der Waals surface area contributed by atoms with Crippen LogP contribution in [0, 0.1) is 15.9 Å². The summed E-state index contributed by atoms with van der Waals surface area (Å²) in [6.07, 6.45) is -4.64. The van der Waals surface area contributed by atoms with E-state index < -0.39 is 28.4 Å². The van der Waals surface area contributed by atoms with Gasteiger partial charge in [0.2, 0.25) is 0 Å². The summed E-state index contributed by atoms with van der Waals surface area (Å²) in [5.41, 5.74) is -0.459. The van der Waals surface area contributed by atoms with Crippen LogP contribution in [-0.2, 0) is 10.9 Å². The van der Waals surface area contributed by atoms with Crippen LogP contribution in [-0.4, -0.2) is 68.2 Å². The minimum Gasteiger partial charge on any atom is -0.378 e. The molecule has 2 heterocycles. The molecular formula is C22H22F4N4O4. The van der Waals surface area contributed by atoms with Gasteiger partial charge in [-0.1, -0.05) is 0 Å². The van der Waals surface area contributed by atoms with Gasteiger partial charge in [0.05, 0.1) is 40.6 Å². The van der Waals surface area contributed by atoms with Crippen molar-refractivity contribution in [3.05, 3.63) is 63.5 Å². The zero-order valence-corrected chi connectivity index (χ0v) is 18.1. The van der Waals surface area contributed by atoms with E-state index in [1.807, 2.05) is 4.90 Å². The third-order valence-electron chi connectivity index (χ3n) is 5.96. The summed E-state index contributed by atoms with van der Waals surface area (Å²) in [4.78, 5) is 29.1. The van der Waals surface area contributed by atoms with E-state index in [1.54, 1.807) is 11.0 Å². The van der Waals surface area contributed by atoms with Crippen LogP contribution in [0.1, 0.15) is 15.9 Å². The fraction of sp³-hybridized carbons (Fsp3) is 0.409. The number of ether oxygens (including phenoxy) is 1. The first-order valence-electron chi connectivity index (χ1n) is 10.7. The molecule has 2 aliphatic rings. The van der Waals surface area contributed by atoms with Crippen molar-refractivity contribution in [3.8, 4) is 0 Å². The third-order valence-corrected chi connectivity index (χ3v) is 5.96. The fourth-order valence-corrected chi connectivity index (χ4v) is 4.15. The molecule has 34 heavy (non-hydrogen) atoms. The molecule has 12 heteroatoms. The predicted molar refractivity (Wildman–Crippen MR) is 116 cm³/mol. The molecule has 4 rings (SSSR count). The summed E-state index contributed by atoms with van der Waals surface area (Å²) in [5.74, 6) is -1.37. The van der Waals surface area contributed by atoms with Gasteiger partial charge in [0.25, 0.3) is 11.6 Å². The number of carbonyl (C=O) groups excluding carboxylic acids is 1. The number of rotatable bonds is 4. The molecule has 0 bridgehead atoms. The van der Waals surface area contributed by atoms with Gasteiger partial charge < -0.3 is 19.4 Å². The number of hydrogen-bond acceptors (Lipinski definition) is 6. The Balaban J connectivity index is 1.51. The second-order valence-electron chi connectivity index (χ2n) is 8.00. The third kappa shape index (κ3) is 4.91. The number of halogens is 4. The number of hydrogen-bond donors (Lipinski definition) is 0. The number of morpholine rings is 1. The van der Waals surface area contributed by atoms with E-state index in [0.717, 1.165) is 12.1 Å². The molecule has 0 aromatic heterocycles. The number of non-ortho nitro benzene ring substituents is 1. The van der Waals surface area contributed by atoms with E-state index in [0.29, 0.717) is 38.1 Å². The van der Waals surface area contributed by atoms with Crippen molar-refractivity contribution < 1.29 is 32.0 Å². The normalized spacial score (nSPS) is 17.1. The lowest BCUT2D eigenvalue weighted by atomic mass is 10.1. The molecule has 0 radical (unpaired) electrons. The first-order chi connectivity index (χ1) is 16.1. The Hall–Kier alpha value is -3.41. The second kappa shape index (κ2) is 9.45. The maximum Gasteiger partial charge on any atom is 0.416 e. The van der Waals surface area contributed by atoms with Gasteiger partial charge in [0.15, 0.2) is 0 Å². The number of nitro benzene ring substituents is 1. The van der Waals surface area contributed by atoms with Crippen molar-refractivity contribution in [2.24, 2.45) is 0 Å². The molecular weight excluding hydrogens is 460 g/mol. The summed E-state index contributed by atoms with van der Waals surface area (Å²) < 4.78 is 58.1. The van der Waals surface area contributed by atoms with Crippen LogP contribution in [0.2, 0.25) is 0 Å². The monoisotopic (exact) mass is 482 g/mol. The Kier molecular flexibility index (Phi) is 6.60. The van der Waals surface area contributed by atoms with Crippen LogP contribution in [0.15, 0.2) is 36.4 Å². The van der Waals surface area contributed by atoms with Crippen molar-refractivity contribution in [3.63, 3.8) is 0 Å². The zero-order chi connectivity index (χ0) is 24.5. The molecule has 8 nitrogen and oxygen atoms in total. The number of alkyl halides is 3. The van der Waals surface area contributed by atoms with Gasteiger partial charge in [0.1, 0.15) is 5.82 Å². The summed E-state index contributed by atoms with van der Waals surface area (Å²) in [6, 6.07) is 6.55. The van der Waals surface area contributed by atoms with Crippen molar-refractivity contribution in [2.45, 2.75) is 6.18 Å². The average molecular weight is 482 g/mol. The quantitative estimate of drug-likeness (QED) is 0.377. The Morgan fingerprint density at radius 1 is 0.912 bits per heavy atom. The van der Waals surface area contributed by atoms with Crippen LogP contribution in [0.4, 0.5) is 34.6 Å². The molecule has 0 spiro atoms. The highest BCUT2D eigenvalue weighted by Crippen LogP contribution is 2.33. The summed E-state index contributed by atoms with van der Waals surface area (Å²) in [7, 11) is 0. The predicted octanol–water partition coefficient (Wildman–Crippen LogP) is 3.55. The first kappa shape index (κ1) is 23.7. The topological polar surface area (TPSA) is 79.2 Å². The Bertz CT molecular complexity index is 1080. The van der Waals surface area contributed by atoms with Crippen LogP contribution >= 0.6 is 0 Å². The number of nitrogens with zero attached hydrogens (tertiary/aromatic N) is 4. The number of benzene rings is 2. The molecule has 2 aromatic rings.